The van der Waals surface area contributed by atoms with Crippen molar-refractivity contribution in [1.82, 2.24) is 0 Å². The first kappa shape index (κ1) is 9.57. The van der Waals surface area contributed by atoms with Crippen molar-refractivity contribution in [3.05, 3.63) is 29.1 Å². The third kappa shape index (κ3) is 1.49. The average molecular weight is 190 g/mol. The molecule has 0 aliphatic rings. The van der Waals surface area contributed by atoms with Gasteiger partial charge >= 0.3 is 0 Å². The Balaban J connectivity index is 3.47. The van der Waals surface area contributed by atoms with E-state index in [9.17, 15) is 18.0 Å². The number of benzene rings is 1. The molecule has 0 N–H and O–H groups in total. The van der Waals surface area contributed by atoms with Crippen molar-refractivity contribution in [3.63, 3.8) is 0 Å². The lowest BCUT2D eigenvalue weighted by Crippen LogP contribution is -2.00. The summed E-state index contributed by atoms with van der Waals surface area (Å²) < 4.78 is 42.6. The molecule has 2 nitrogen and oxygen atoms in total. The van der Waals surface area contributed by atoms with Crippen molar-refractivity contribution < 1.29 is 22.7 Å². The lowest BCUT2D eigenvalue weighted by molar-refractivity contribution is 0.111. The molecule has 0 spiro atoms. The fraction of sp³-hybridized carbons (Fsp3) is 0.125. The van der Waals surface area contributed by atoms with Gasteiger partial charge in [0.15, 0.2) is 23.7 Å². The van der Waals surface area contributed by atoms with Crippen LogP contribution in [-0.4, -0.2) is 13.4 Å². The largest absolute Gasteiger partial charge is 0.491 e. The van der Waals surface area contributed by atoms with E-state index in [0.717, 1.165) is 7.11 Å². The molecule has 70 valence electrons. The number of halogens is 3. The zero-order valence-electron chi connectivity index (χ0n) is 6.61. The molecule has 0 aliphatic heterocycles. The maximum absolute atomic E-state index is 13.0. The number of rotatable bonds is 2. The molecule has 0 saturated carbocycles. The Hall–Kier alpha value is -1.52. The monoisotopic (exact) mass is 190 g/mol. The number of carbonyl (C=O) groups excluding carboxylic acids is 1. The molecule has 1 aromatic rings. The number of hydrogen-bond donors (Lipinski definition) is 0. The summed E-state index contributed by atoms with van der Waals surface area (Å²) in [7, 11) is 1.02. The van der Waals surface area contributed by atoms with E-state index in [-0.39, 0.29) is 6.29 Å². The third-order valence-corrected chi connectivity index (χ3v) is 1.49. The fourth-order valence-corrected chi connectivity index (χ4v) is 0.882. The van der Waals surface area contributed by atoms with Gasteiger partial charge in [-0.1, -0.05) is 0 Å². The molecule has 0 aliphatic carbocycles. The summed E-state index contributed by atoms with van der Waals surface area (Å²) in [6, 6.07) is 0.394. The van der Waals surface area contributed by atoms with Gasteiger partial charge in [0.25, 0.3) is 0 Å². The summed E-state index contributed by atoms with van der Waals surface area (Å²) >= 11 is 0. The maximum Gasteiger partial charge on any atom is 0.191 e. The van der Waals surface area contributed by atoms with E-state index < -0.39 is 28.8 Å². The Morgan fingerprint density at radius 3 is 2.38 bits per heavy atom. The Morgan fingerprint density at radius 2 is 1.92 bits per heavy atom. The topological polar surface area (TPSA) is 26.3 Å². The van der Waals surface area contributed by atoms with E-state index in [2.05, 4.69) is 4.74 Å². The third-order valence-electron chi connectivity index (χ3n) is 1.49. The van der Waals surface area contributed by atoms with Gasteiger partial charge in [-0.15, -0.1) is 0 Å². The highest BCUT2D eigenvalue weighted by Crippen LogP contribution is 2.25. The standard InChI is InChI=1S/C8H5F3O2/c1-13-8-6(10)2-5(9)4(3-12)7(8)11/h2-3H,1H3. The molecule has 0 unspecified atom stereocenters. The molecule has 0 radical (unpaired) electrons. The number of ether oxygens (including phenoxy) is 1. The number of methoxy groups -OCH3 is 1. The first-order chi connectivity index (χ1) is 6.11. The van der Waals surface area contributed by atoms with Crippen LogP contribution in [0.1, 0.15) is 10.4 Å². The smallest absolute Gasteiger partial charge is 0.191 e. The summed E-state index contributed by atoms with van der Waals surface area (Å²) in [5, 5.41) is 0. The van der Waals surface area contributed by atoms with Crippen LogP contribution in [0.2, 0.25) is 0 Å². The van der Waals surface area contributed by atoms with Crippen LogP contribution in [-0.2, 0) is 0 Å². The van der Waals surface area contributed by atoms with Crippen molar-refractivity contribution >= 4 is 6.29 Å². The van der Waals surface area contributed by atoms with Gasteiger partial charge < -0.3 is 4.74 Å². The Kier molecular flexibility index (Phi) is 2.55. The van der Waals surface area contributed by atoms with Gasteiger partial charge in [-0.3, -0.25) is 4.79 Å². The molecule has 0 amide bonds. The van der Waals surface area contributed by atoms with Crippen molar-refractivity contribution in [3.8, 4) is 5.75 Å². The fourth-order valence-electron chi connectivity index (χ4n) is 0.882. The second-order valence-corrected chi connectivity index (χ2v) is 2.22. The van der Waals surface area contributed by atoms with Crippen molar-refractivity contribution in [2.45, 2.75) is 0 Å². The second-order valence-electron chi connectivity index (χ2n) is 2.22. The molecular weight excluding hydrogens is 185 g/mol. The summed E-state index contributed by atoms with van der Waals surface area (Å²) in [6.07, 6.45) is -0.0351. The summed E-state index contributed by atoms with van der Waals surface area (Å²) in [5.41, 5.74) is -0.835. The van der Waals surface area contributed by atoms with E-state index >= 15 is 0 Å². The van der Waals surface area contributed by atoms with Gasteiger partial charge in [0.1, 0.15) is 5.82 Å². The number of aldehydes is 1. The van der Waals surface area contributed by atoms with Crippen molar-refractivity contribution in [1.29, 1.82) is 0 Å². The lowest BCUT2D eigenvalue weighted by Gasteiger charge is -2.05. The predicted octanol–water partition coefficient (Wildman–Crippen LogP) is 1.93. The first-order valence-corrected chi connectivity index (χ1v) is 3.28. The highest BCUT2D eigenvalue weighted by molar-refractivity contribution is 5.76. The summed E-state index contributed by atoms with van der Waals surface area (Å²) in [6.45, 7) is 0. The van der Waals surface area contributed by atoms with Gasteiger partial charge in [0.2, 0.25) is 0 Å². The lowest BCUT2D eigenvalue weighted by atomic mass is 10.2. The average Bonchev–Trinajstić information content (AvgIpc) is 2.04. The molecule has 0 bridgehead atoms. The van der Waals surface area contributed by atoms with Gasteiger partial charge in [0, 0.05) is 6.07 Å². The van der Waals surface area contributed by atoms with Crippen LogP contribution in [0.3, 0.4) is 0 Å². The van der Waals surface area contributed by atoms with Crippen LogP contribution in [0.4, 0.5) is 13.2 Å². The summed E-state index contributed by atoms with van der Waals surface area (Å²) in [4.78, 5) is 10.2. The molecular formula is C8H5F3O2. The minimum absolute atomic E-state index is 0.0351. The maximum atomic E-state index is 13.0. The molecule has 0 heterocycles. The van der Waals surface area contributed by atoms with Crippen LogP contribution >= 0.6 is 0 Å². The quantitative estimate of drug-likeness (QED) is 0.666. The minimum atomic E-state index is -1.32. The van der Waals surface area contributed by atoms with Gasteiger partial charge in [-0.2, -0.15) is 0 Å². The Labute approximate surface area is 71.9 Å². The second kappa shape index (κ2) is 3.47. The molecule has 0 saturated heterocycles. The number of hydrogen-bond acceptors (Lipinski definition) is 2. The van der Waals surface area contributed by atoms with Crippen molar-refractivity contribution in [2.75, 3.05) is 7.11 Å². The van der Waals surface area contributed by atoms with E-state index in [1.54, 1.807) is 0 Å². The molecule has 1 rings (SSSR count). The Bertz CT molecular complexity index is 350. The normalized spacial score (nSPS) is 9.85. The highest BCUT2D eigenvalue weighted by Gasteiger charge is 2.18. The zero-order chi connectivity index (χ0) is 10.0. The first-order valence-electron chi connectivity index (χ1n) is 3.28. The van der Waals surface area contributed by atoms with Crippen LogP contribution in [0.5, 0.6) is 5.75 Å². The van der Waals surface area contributed by atoms with E-state index in [4.69, 9.17) is 0 Å². The Morgan fingerprint density at radius 1 is 1.31 bits per heavy atom. The number of carbonyl (C=O) groups is 1. The van der Waals surface area contributed by atoms with Gasteiger partial charge in [0.05, 0.1) is 12.7 Å². The van der Waals surface area contributed by atoms with E-state index in [1.807, 2.05) is 0 Å². The van der Waals surface area contributed by atoms with Crippen LogP contribution < -0.4 is 4.74 Å². The van der Waals surface area contributed by atoms with Gasteiger partial charge in [-0.05, 0) is 0 Å². The van der Waals surface area contributed by atoms with Crippen LogP contribution in [0.15, 0.2) is 6.07 Å². The van der Waals surface area contributed by atoms with Crippen LogP contribution in [0.25, 0.3) is 0 Å². The van der Waals surface area contributed by atoms with E-state index in [1.165, 1.54) is 0 Å². The molecule has 0 fully saturated rings. The SMILES string of the molecule is COc1c(F)cc(F)c(C=O)c1F. The molecule has 13 heavy (non-hydrogen) atoms. The van der Waals surface area contributed by atoms with E-state index in [0.29, 0.717) is 6.07 Å². The molecule has 0 aromatic heterocycles. The van der Waals surface area contributed by atoms with Gasteiger partial charge in [-0.25, -0.2) is 13.2 Å². The molecule has 0 atom stereocenters. The predicted molar refractivity (Wildman–Crippen MR) is 38.3 cm³/mol. The zero-order valence-corrected chi connectivity index (χ0v) is 6.61. The van der Waals surface area contributed by atoms with Crippen molar-refractivity contribution in [2.24, 2.45) is 0 Å². The highest BCUT2D eigenvalue weighted by atomic mass is 19.1. The minimum Gasteiger partial charge on any atom is -0.491 e. The summed E-state index contributed by atoms with van der Waals surface area (Å²) in [5.74, 6) is -4.51. The molecule has 5 heteroatoms. The van der Waals surface area contributed by atoms with Crippen LogP contribution in [0, 0.1) is 17.5 Å². The molecule has 1 aromatic carbocycles.